The van der Waals surface area contributed by atoms with Gasteiger partial charge in [-0.3, -0.25) is 0 Å². The van der Waals surface area contributed by atoms with Gasteiger partial charge in [0, 0.05) is 37.2 Å². The first-order chi connectivity index (χ1) is 27.8. The third kappa shape index (κ3) is 5.38. The van der Waals surface area contributed by atoms with Crippen molar-refractivity contribution < 1.29 is 0 Å². The van der Waals surface area contributed by atoms with Crippen LogP contribution in [0.15, 0.2) is 212 Å². The fourth-order valence-corrected chi connectivity index (χ4v) is 9.99. The number of hydrogen-bond donors (Lipinski definition) is 0. The van der Waals surface area contributed by atoms with Gasteiger partial charge in [0.05, 0.1) is 0 Å². The van der Waals surface area contributed by atoms with Crippen LogP contribution in [-0.2, 0) is 0 Å². The van der Waals surface area contributed by atoms with Gasteiger partial charge in [-0.25, -0.2) is 0 Å². The van der Waals surface area contributed by atoms with Gasteiger partial charge in [-0.2, -0.15) is 0 Å². The SMILES string of the molecule is c1ccc(-c2ccc(N(c3cccc(-c4cccc5c4sc4c(-c6ccccc6)cccc45)c3)c3ccc4c5ccccc5c5ccccc5c4c3)cc2)cc1. The van der Waals surface area contributed by atoms with E-state index in [1.165, 1.54) is 85.9 Å². The van der Waals surface area contributed by atoms with Gasteiger partial charge in [0.25, 0.3) is 0 Å². The van der Waals surface area contributed by atoms with E-state index in [2.05, 4.69) is 217 Å². The molecule has 0 spiro atoms. The Balaban J connectivity index is 1.10. The Hall–Kier alpha value is -7.00. The zero-order valence-corrected chi connectivity index (χ0v) is 31.4. The van der Waals surface area contributed by atoms with E-state index in [1.807, 2.05) is 11.3 Å². The van der Waals surface area contributed by atoms with Gasteiger partial charge in [-0.1, -0.05) is 176 Å². The molecule has 0 aliphatic heterocycles. The molecule has 56 heavy (non-hydrogen) atoms. The highest BCUT2D eigenvalue weighted by Crippen LogP contribution is 2.46. The minimum absolute atomic E-state index is 1.11. The smallest absolute Gasteiger partial charge is 0.0468 e. The number of anilines is 3. The second-order valence-corrected chi connectivity index (χ2v) is 15.5. The summed E-state index contributed by atoms with van der Waals surface area (Å²) in [6.45, 7) is 0. The Morgan fingerprint density at radius 1 is 0.250 bits per heavy atom. The van der Waals surface area contributed by atoms with Crippen molar-refractivity contribution in [2.24, 2.45) is 0 Å². The zero-order chi connectivity index (χ0) is 37.0. The molecule has 0 bridgehead atoms. The summed E-state index contributed by atoms with van der Waals surface area (Å²) >= 11 is 1.90. The molecule has 11 rings (SSSR count). The molecule has 0 aliphatic rings. The molecule has 0 saturated carbocycles. The van der Waals surface area contributed by atoms with Gasteiger partial charge in [-0.05, 0) is 102 Å². The molecular weight excluding hydrogens is 695 g/mol. The Morgan fingerprint density at radius 3 is 1.30 bits per heavy atom. The molecule has 1 heterocycles. The van der Waals surface area contributed by atoms with Crippen molar-refractivity contribution in [3.05, 3.63) is 212 Å². The van der Waals surface area contributed by atoms with Crippen molar-refractivity contribution in [3.8, 4) is 33.4 Å². The van der Waals surface area contributed by atoms with Crippen LogP contribution in [-0.4, -0.2) is 0 Å². The first-order valence-corrected chi connectivity index (χ1v) is 20.0. The quantitative estimate of drug-likeness (QED) is 0.154. The third-order valence-electron chi connectivity index (χ3n) is 11.2. The molecule has 0 saturated heterocycles. The van der Waals surface area contributed by atoms with E-state index in [1.54, 1.807) is 0 Å². The van der Waals surface area contributed by atoms with Crippen LogP contribution in [0.3, 0.4) is 0 Å². The topological polar surface area (TPSA) is 3.24 Å². The predicted octanol–water partition coefficient (Wildman–Crippen LogP) is 16.0. The largest absolute Gasteiger partial charge is 0.310 e. The molecule has 0 N–H and O–H groups in total. The molecular formula is C54H35NS. The molecule has 11 aromatic rings. The predicted molar refractivity (Wildman–Crippen MR) is 243 cm³/mol. The standard InChI is InChI=1S/C54H35NS/c1-3-14-36(15-4-1)37-28-30-40(31-29-37)55(42-32-33-49-47-22-8-7-20-45(47)46-21-9-10-23-48(46)52(49)35-42)41-19-11-18-39(34-41)44-25-13-27-51-50-26-12-24-43(53(50)56-54(44)51)38-16-5-2-6-17-38/h1-35H. The zero-order valence-electron chi connectivity index (χ0n) is 30.6. The average Bonchev–Trinajstić information content (AvgIpc) is 3.67. The summed E-state index contributed by atoms with van der Waals surface area (Å²) in [5.41, 5.74) is 10.7. The summed E-state index contributed by atoms with van der Waals surface area (Å²) in [6, 6.07) is 77.6. The fraction of sp³-hybridized carbons (Fsp3) is 0. The lowest BCUT2D eigenvalue weighted by Gasteiger charge is -2.27. The second-order valence-electron chi connectivity index (χ2n) is 14.5. The van der Waals surface area contributed by atoms with Crippen molar-refractivity contribution in [1.29, 1.82) is 0 Å². The van der Waals surface area contributed by atoms with Crippen LogP contribution in [0, 0.1) is 0 Å². The van der Waals surface area contributed by atoms with E-state index in [-0.39, 0.29) is 0 Å². The van der Waals surface area contributed by atoms with E-state index in [0.29, 0.717) is 0 Å². The van der Waals surface area contributed by atoms with Gasteiger partial charge in [0.15, 0.2) is 0 Å². The summed E-state index contributed by atoms with van der Waals surface area (Å²) in [5, 5.41) is 10.2. The average molecular weight is 730 g/mol. The van der Waals surface area contributed by atoms with Gasteiger partial charge < -0.3 is 4.90 Å². The molecule has 262 valence electrons. The molecule has 1 aromatic heterocycles. The number of rotatable bonds is 6. The van der Waals surface area contributed by atoms with E-state index in [9.17, 15) is 0 Å². The molecule has 0 fully saturated rings. The maximum Gasteiger partial charge on any atom is 0.0468 e. The highest BCUT2D eigenvalue weighted by atomic mass is 32.1. The minimum atomic E-state index is 1.11. The third-order valence-corrected chi connectivity index (χ3v) is 12.5. The van der Waals surface area contributed by atoms with Crippen molar-refractivity contribution in [2.45, 2.75) is 0 Å². The highest BCUT2D eigenvalue weighted by Gasteiger charge is 2.18. The van der Waals surface area contributed by atoms with Crippen LogP contribution in [0.1, 0.15) is 0 Å². The first kappa shape index (κ1) is 32.4. The van der Waals surface area contributed by atoms with Crippen LogP contribution >= 0.6 is 11.3 Å². The maximum atomic E-state index is 2.42. The number of nitrogens with zero attached hydrogens (tertiary/aromatic N) is 1. The lowest BCUT2D eigenvalue weighted by molar-refractivity contribution is 1.29. The van der Waals surface area contributed by atoms with Crippen LogP contribution in [0.4, 0.5) is 17.1 Å². The van der Waals surface area contributed by atoms with Gasteiger partial charge in [0.1, 0.15) is 0 Å². The number of thiophene rings is 1. The van der Waals surface area contributed by atoms with Gasteiger partial charge >= 0.3 is 0 Å². The Morgan fingerprint density at radius 2 is 0.679 bits per heavy atom. The number of fused-ring (bicyclic) bond motifs is 9. The normalized spacial score (nSPS) is 11.6. The Labute approximate surface area is 330 Å². The fourth-order valence-electron chi connectivity index (χ4n) is 8.62. The van der Waals surface area contributed by atoms with Crippen LogP contribution in [0.5, 0.6) is 0 Å². The first-order valence-electron chi connectivity index (χ1n) is 19.2. The maximum absolute atomic E-state index is 2.42. The molecule has 0 unspecified atom stereocenters. The van der Waals surface area contributed by atoms with E-state index >= 15 is 0 Å². The molecule has 10 aromatic carbocycles. The number of hydrogen-bond acceptors (Lipinski definition) is 2. The van der Waals surface area contributed by atoms with E-state index in [0.717, 1.165) is 17.1 Å². The van der Waals surface area contributed by atoms with E-state index < -0.39 is 0 Å². The van der Waals surface area contributed by atoms with Crippen molar-refractivity contribution >= 4 is 80.9 Å². The Kier molecular flexibility index (Phi) is 7.75. The summed E-state index contributed by atoms with van der Waals surface area (Å²) < 4.78 is 2.64. The summed E-state index contributed by atoms with van der Waals surface area (Å²) in [4.78, 5) is 2.42. The van der Waals surface area contributed by atoms with Crippen molar-refractivity contribution in [1.82, 2.24) is 0 Å². The monoisotopic (exact) mass is 729 g/mol. The van der Waals surface area contributed by atoms with Crippen molar-refractivity contribution in [3.63, 3.8) is 0 Å². The molecule has 0 atom stereocenters. The van der Waals surface area contributed by atoms with E-state index in [4.69, 9.17) is 0 Å². The lowest BCUT2D eigenvalue weighted by Crippen LogP contribution is -2.10. The summed E-state index contributed by atoms with van der Waals surface area (Å²) in [7, 11) is 0. The molecule has 1 nitrogen and oxygen atoms in total. The molecule has 2 heteroatoms. The van der Waals surface area contributed by atoms with Gasteiger partial charge in [-0.15, -0.1) is 11.3 Å². The van der Waals surface area contributed by atoms with Gasteiger partial charge in [0.2, 0.25) is 0 Å². The number of benzene rings is 10. The highest BCUT2D eigenvalue weighted by molar-refractivity contribution is 7.26. The lowest BCUT2D eigenvalue weighted by atomic mass is 9.94. The second kappa shape index (κ2) is 13.4. The summed E-state index contributed by atoms with van der Waals surface area (Å²) in [5.74, 6) is 0. The van der Waals surface area contributed by atoms with Crippen LogP contribution in [0.25, 0.3) is 85.9 Å². The van der Waals surface area contributed by atoms with Crippen LogP contribution < -0.4 is 4.90 Å². The molecule has 0 aliphatic carbocycles. The molecule has 0 amide bonds. The molecule has 0 radical (unpaired) electrons. The Bertz CT molecular complexity index is 3200. The summed E-state index contributed by atoms with van der Waals surface area (Å²) in [6.07, 6.45) is 0. The minimum Gasteiger partial charge on any atom is -0.310 e. The van der Waals surface area contributed by atoms with Crippen molar-refractivity contribution in [2.75, 3.05) is 4.90 Å². The van der Waals surface area contributed by atoms with Crippen LogP contribution in [0.2, 0.25) is 0 Å².